The number of nitrogens with one attached hydrogen (secondary N) is 1. The van der Waals surface area contributed by atoms with Crippen LogP contribution in [0.1, 0.15) is 26.0 Å². The number of carbonyl (C=O) groups is 1. The Labute approximate surface area is 132 Å². The summed E-state index contributed by atoms with van der Waals surface area (Å²) in [7, 11) is 0. The van der Waals surface area contributed by atoms with Gasteiger partial charge in [-0.1, -0.05) is 19.9 Å². The second-order valence-corrected chi connectivity index (χ2v) is 6.30. The number of halogens is 2. The van der Waals surface area contributed by atoms with Crippen molar-refractivity contribution in [1.29, 1.82) is 0 Å². The van der Waals surface area contributed by atoms with Crippen molar-refractivity contribution in [1.82, 2.24) is 10.3 Å². The van der Waals surface area contributed by atoms with Crippen molar-refractivity contribution < 1.29 is 13.6 Å². The first-order valence-corrected chi connectivity index (χ1v) is 8.01. The normalized spacial score (nSPS) is 11.0. The Morgan fingerprint density at radius 1 is 1.32 bits per heavy atom. The van der Waals surface area contributed by atoms with Crippen LogP contribution in [-0.4, -0.2) is 17.4 Å². The number of carbonyl (C=O) groups excluding carboxylic acids is 1. The molecule has 0 aliphatic carbocycles. The molecule has 2 aromatic rings. The van der Waals surface area contributed by atoms with Crippen LogP contribution < -0.4 is 5.32 Å². The number of nitrogens with zero attached hydrogens (tertiary/aromatic N) is 1. The zero-order chi connectivity index (χ0) is 16.1. The molecular weight excluding hydrogens is 306 g/mol. The molecule has 6 heteroatoms. The average molecular weight is 324 g/mol. The first kappa shape index (κ1) is 16.5. The summed E-state index contributed by atoms with van der Waals surface area (Å²) >= 11 is 1.20. The molecule has 0 saturated carbocycles. The zero-order valence-electron chi connectivity index (χ0n) is 12.5. The molecule has 0 bridgehead atoms. The van der Waals surface area contributed by atoms with E-state index in [4.69, 9.17) is 0 Å². The highest BCUT2D eigenvalue weighted by molar-refractivity contribution is 7.13. The van der Waals surface area contributed by atoms with Gasteiger partial charge in [-0.2, -0.15) is 0 Å². The van der Waals surface area contributed by atoms with Crippen LogP contribution in [0.5, 0.6) is 0 Å². The number of aromatic nitrogens is 1. The van der Waals surface area contributed by atoms with Gasteiger partial charge in [-0.05, 0) is 18.1 Å². The second kappa shape index (κ2) is 7.45. The van der Waals surface area contributed by atoms with Crippen LogP contribution in [0.25, 0.3) is 10.6 Å². The third-order valence-corrected chi connectivity index (χ3v) is 3.93. The first-order chi connectivity index (χ1) is 10.5. The van der Waals surface area contributed by atoms with Crippen LogP contribution in [0.2, 0.25) is 0 Å². The minimum Gasteiger partial charge on any atom is -0.356 e. The van der Waals surface area contributed by atoms with Crippen molar-refractivity contribution in [3.05, 3.63) is 40.9 Å². The molecule has 1 N–H and O–H groups in total. The lowest BCUT2D eigenvalue weighted by Crippen LogP contribution is -2.26. The van der Waals surface area contributed by atoms with Gasteiger partial charge >= 0.3 is 0 Å². The van der Waals surface area contributed by atoms with E-state index in [1.54, 1.807) is 5.38 Å². The van der Waals surface area contributed by atoms with Gasteiger partial charge in [0.15, 0.2) is 0 Å². The Morgan fingerprint density at radius 2 is 2.00 bits per heavy atom. The van der Waals surface area contributed by atoms with Gasteiger partial charge in [-0.25, -0.2) is 13.8 Å². The topological polar surface area (TPSA) is 42.0 Å². The van der Waals surface area contributed by atoms with Gasteiger partial charge in [0.25, 0.3) is 0 Å². The summed E-state index contributed by atoms with van der Waals surface area (Å²) in [5, 5.41) is 4.89. The molecule has 0 aliphatic rings. The fraction of sp³-hybridized carbons (Fsp3) is 0.375. The highest BCUT2D eigenvalue weighted by Gasteiger charge is 2.14. The van der Waals surface area contributed by atoms with Crippen LogP contribution in [-0.2, 0) is 11.2 Å². The van der Waals surface area contributed by atoms with Gasteiger partial charge in [-0.15, -0.1) is 11.3 Å². The van der Waals surface area contributed by atoms with Gasteiger partial charge in [0, 0.05) is 24.8 Å². The highest BCUT2D eigenvalue weighted by atomic mass is 32.1. The van der Waals surface area contributed by atoms with E-state index in [0.717, 1.165) is 0 Å². The molecule has 0 spiro atoms. The van der Waals surface area contributed by atoms with E-state index >= 15 is 0 Å². The maximum absolute atomic E-state index is 13.7. The van der Waals surface area contributed by atoms with Crippen molar-refractivity contribution in [2.75, 3.05) is 6.54 Å². The molecule has 3 nitrogen and oxygen atoms in total. The largest absolute Gasteiger partial charge is 0.356 e. The molecule has 1 heterocycles. The van der Waals surface area contributed by atoms with E-state index in [0.29, 0.717) is 36.0 Å². The van der Waals surface area contributed by atoms with Crippen molar-refractivity contribution in [3.8, 4) is 10.6 Å². The van der Waals surface area contributed by atoms with Gasteiger partial charge in [0.1, 0.15) is 16.6 Å². The van der Waals surface area contributed by atoms with Gasteiger partial charge in [0.2, 0.25) is 5.91 Å². The Balaban J connectivity index is 1.96. The van der Waals surface area contributed by atoms with Crippen LogP contribution >= 0.6 is 11.3 Å². The van der Waals surface area contributed by atoms with Crippen LogP contribution in [0.4, 0.5) is 8.78 Å². The SMILES string of the molecule is CC(C)CC(=O)NCCc1csc(-c2c(F)cccc2F)n1. The lowest BCUT2D eigenvalue weighted by atomic mass is 10.1. The van der Waals surface area contributed by atoms with E-state index in [-0.39, 0.29) is 11.5 Å². The van der Waals surface area contributed by atoms with Crippen molar-refractivity contribution in [2.24, 2.45) is 5.92 Å². The van der Waals surface area contributed by atoms with Gasteiger partial charge in [0.05, 0.1) is 11.3 Å². The molecule has 1 aromatic heterocycles. The molecule has 118 valence electrons. The molecule has 0 saturated heterocycles. The molecule has 2 rings (SSSR count). The summed E-state index contributed by atoms with van der Waals surface area (Å²) < 4.78 is 27.4. The lowest BCUT2D eigenvalue weighted by Gasteiger charge is -2.05. The van der Waals surface area contributed by atoms with Gasteiger partial charge in [-0.3, -0.25) is 4.79 Å². The summed E-state index contributed by atoms with van der Waals surface area (Å²) in [5.74, 6) is -0.919. The number of thiazole rings is 1. The predicted molar refractivity (Wildman–Crippen MR) is 83.6 cm³/mol. The van der Waals surface area contributed by atoms with Crippen molar-refractivity contribution in [3.63, 3.8) is 0 Å². The molecule has 22 heavy (non-hydrogen) atoms. The van der Waals surface area contributed by atoms with Crippen molar-refractivity contribution in [2.45, 2.75) is 26.7 Å². The number of rotatable bonds is 6. The minimum absolute atomic E-state index is 0.00519. The maximum Gasteiger partial charge on any atom is 0.220 e. The molecule has 0 unspecified atom stereocenters. The molecule has 0 atom stereocenters. The number of benzene rings is 1. The Morgan fingerprint density at radius 3 is 2.64 bits per heavy atom. The molecule has 0 radical (unpaired) electrons. The second-order valence-electron chi connectivity index (χ2n) is 5.44. The van der Waals surface area contributed by atoms with E-state index in [9.17, 15) is 13.6 Å². The van der Waals surface area contributed by atoms with Crippen LogP contribution in [0, 0.1) is 17.6 Å². The van der Waals surface area contributed by atoms with Crippen LogP contribution in [0.15, 0.2) is 23.6 Å². The number of hydrogen-bond donors (Lipinski definition) is 1. The Kier molecular flexibility index (Phi) is 5.60. The summed E-state index contributed by atoms with van der Waals surface area (Å²) in [6, 6.07) is 3.75. The van der Waals surface area contributed by atoms with E-state index in [1.807, 2.05) is 13.8 Å². The van der Waals surface area contributed by atoms with Crippen molar-refractivity contribution >= 4 is 17.2 Å². The standard InChI is InChI=1S/C16H18F2N2OS/c1-10(2)8-14(21)19-7-6-11-9-22-16(20-11)15-12(17)4-3-5-13(15)18/h3-5,9-10H,6-8H2,1-2H3,(H,19,21). The third-order valence-electron chi connectivity index (χ3n) is 3.03. The fourth-order valence-electron chi connectivity index (χ4n) is 2.01. The van der Waals surface area contributed by atoms with E-state index in [1.165, 1.54) is 29.5 Å². The smallest absolute Gasteiger partial charge is 0.220 e. The Hall–Kier alpha value is -1.82. The molecule has 1 amide bonds. The molecule has 0 fully saturated rings. The number of hydrogen-bond acceptors (Lipinski definition) is 3. The predicted octanol–water partition coefficient (Wildman–Crippen LogP) is 3.79. The number of amides is 1. The summed E-state index contributed by atoms with van der Waals surface area (Å²) in [6.45, 7) is 4.43. The summed E-state index contributed by atoms with van der Waals surface area (Å²) in [5.41, 5.74) is 0.620. The monoisotopic (exact) mass is 324 g/mol. The zero-order valence-corrected chi connectivity index (χ0v) is 13.3. The fourth-order valence-corrected chi connectivity index (χ4v) is 2.91. The lowest BCUT2D eigenvalue weighted by molar-refractivity contribution is -0.121. The first-order valence-electron chi connectivity index (χ1n) is 7.13. The van der Waals surface area contributed by atoms with Crippen LogP contribution in [0.3, 0.4) is 0 Å². The Bertz CT molecular complexity index is 635. The van der Waals surface area contributed by atoms with Gasteiger partial charge < -0.3 is 5.32 Å². The average Bonchev–Trinajstić information content (AvgIpc) is 2.86. The summed E-state index contributed by atoms with van der Waals surface area (Å²) in [6.07, 6.45) is 1.03. The maximum atomic E-state index is 13.7. The van der Waals surface area contributed by atoms with E-state index < -0.39 is 11.6 Å². The quantitative estimate of drug-likeness (QED) is 0.878. The highest BCUT2D eigenvalue weighted by Crippen LogP contribution is 2.28. The minimum atomic E-state index is -0.619. The third kappa shape index (κ3) is 4.34. The molecular formula is C16H18F2N2OS. The molecule has 1 aromatic carbocycles. The van der Waals surface area contributed by atoms with E-state index in [2.05, 4.69) is 10.3 Å². The summed E-state index contributed by atoms with van der Waals surface area (Å²) in [4.78, 5) is 15.8. The molecule has 0 aliphatic heterocycles.